The van der Waals surface area contributed by atoms with Crippen molar-refractivity contribution in [1.29, 1.82) is 0 Å². The number of nitrogens with one attached hydrogen (secondary N) is 1. The number of amides is 1. The molecule has 0 spiro atoms. The Morgan fingerprint density at radius 3 is 2.47 bits per heavy atom. The summed E-state index contributed by atoms with van der Waals surface area (Å²) in [4.78, 5) is 14.3. The summed E-state index contributed by atoms with van der Waals surface area (Å²) in [6.45, 7) is 6.54. The average Bonchev–Trinajstić information content (AvgIpc) is 2.74. The Labute approximate surface area is 103 Å². The van der Waals surface area contributed by atoms with Crippen LogP contribution in [0.4, 0.5) is 0 Å². The number of likely N-dealkylation sites (tertiary alicyclic amines) is 1. The number of nitrogens with zero attached hydrogens (tertiary/aromatic N) is 1. The zero-order valence-corrected chi connectivity index (χ0v) is 10.9. The Balaban J connectivity index is 1.86. The van der Waals surface area contributed by atoms with Gasteiger partial charge in [0.25, 0.3) is 0 Å². The highest BCUT2D eigenvalue weighted by Crippen LogP contribution is 2.24. The Morgan fingerprint density at radius 2 is 2.00 bits per heavy atom. The van der Waals surface area contributed by atoms with Crippen molar-refractivity contribution in [3.8, 4) is 0 Å². The Bertz CT molecular complexity index is 273. The van der Waals surface area contributed by atoms with Crippen LogP contribution >= 0.6 is 0 Å². The van der Waals surface area contributed by atoms with Gasteiger partial charge in [0, 0.05) is 19.1 Å². The largest absolute Gasteiger partial charge is 0.393 e. The van der Waals surface area contributed by atoms with E-state index in [1.807, 2.05) is 11.8 Å². The quantitative estimate of drug-likeness (QED) is 0.743. The second-order valence-electron chi connectivity index (χ2n) is 5.54. The van der Waals surface area contributed by atoms with Crippen LogP contribution in [0.15, 0.2) is 0 Å². The molecule has 17 heavy (non-hydrogen) atoms. The van der Waals surface area contributed by atoms with Gasteiger partial charge in [-0.3, -0.25) is 4.79 Å². The minimum absolute atomic E-state index is 0.165. The summed E-state index contributed by atoms with van der Waals surface area (Å²) in [6, 6.07) is 0.317. The molecule has 2 N–H and O–H groups in total. The van der Waals surface area contributed by atoms with Crippen molar-refractivity contribution in [1.82, 2.24) is 10.2 Å². The smallest absolute Gasteiger partial charge is 0.227 e. The monoisotopic (exact) mass is 240 g/mol. The lowest BCUT2D eigenvalue weighted by atomic mass is 9.91. The summed E-state index contributed by atoms with van der Waals surface area (Å²) in [5.41, 5.74) is 0. The third-order valence-electron chi connectivity index (χ3n) is 4.38. The second kappa shape index (κ2) is 5.36. The van der Waals surface area contributed by atoms with Crippen LogP contribution in [0.3, 0.4) is 0 Å². The molecule has 98 valence electrons. The predicted octanol–water partition coefficient (Wildman–Crippen LogP) is 0.604. The van der Waals surface area contributed by atoms with Gasteiger partial charge in [0.15, 0.2) is 0 Å². The second-order valence-corrected chi connectivity index (χ2v) is 5.54. The summed E-state index contributed by atoms with van der Waals surface area (Å²) in [5.74, 6) is 0.850. The summed E-state index contributed by atoms with van der Waals surface area (Å²) in [7, 11) is 0. The van der Waals surface area contributed by atoms with Crippen LogP contribution in [-0.2, 0) is 4.79 Å². The van der Waals surface area contributed by atoms with Crippen molar-refractivity contribution >= 4 is 5.91 Å². The molecule has 1 amide bonds. The fraction of sp³-hybridized carbons (Fsp3) is 0.923. The maximum atomic E-state index is 12.3. The lowest BCUT2D eigenvalue weighted by Gasteiger charge is -2.35. The summed E-state index contributed by atoms with van der Waals surface area (Å²) >= 11 is 0. The van der Waals surface area contributed by atoms with E-state index in [1.54, 1.807) is 0 Å². The van der Waals surface area contributed by atoms with Crippen LogP contribution in [0.5, 0.6) is 0 Å². The van der Waals surface area contributed by atoms with Crippen molar-refractivity contribution in [2.24, 2.45) is 11.8 Å². The van der Waals surface area contributed by atoms with E-state index in [2.05, 4.69) is 12.2 Å². The SMILES string of the molecule is CC(O)C1CCN(C(=O)C2CCNC2C)CC1. The van der Waals surface area contributed by atoms with Gasteiger partial charge >= 0.3 is 0 Å². The molecular weight excluding hydrogens is 216 g/mol. The van der Waals surface area contributed by atoms with Gasteiger partial charge < -0.3 is 15.3 Å². The molecule has 4 nitrogen and oxygen atoms in total. The molecule has 2 aliphatic heterocycles. The first-order valence-corrected chi connectivity index (χ1v) is 6.80. The molecule has 0 aromatic heterocycles. The van der Waals surface area contributed by atoms with Crippen molar-refractivity contribution in [2.75, 3.05) is 19.6 Å². The first-order valence-electron chi connectivity index (χ1n) is 6.80. The molecule has 0 saturated carbocycles. The van der Waals surface area contributed by atoms with Crippen LogP contribution in [0.2, 0.25) is 0 Å². The number of rotatable bonds is 2. The number of hydrogen-bond donors (Lipinski definition) is 2. The molecule has 0 aromatic rings. The number of carbonyl (C=O) groups excluding carboxylic acids is 1. The van der Waals surface area contributed by atoms with E-state index in [0.717, 1.165) is 38.9 Å². The predicted molar refractivity (Wildman–Crippen MR) is 66.6 cm³/mol. The summed E-state index contributed by atoms with van der Waals surface area (Å²) in [6.07, 6.45) is 2.62. The lowest BCUT2D eigenvalue weighted by Crippen LogP contribution is -2.45. The Morgan fingerprint density at radius 1 is 1.35 bits per heavy atom. The van der Waals surface area contributed by atoms with Crippen LogP contribution in [0.1, 0.15) is 33.1 Å². The number of piperidine rings is 1. The van der Waals surface area contributed by atoms with Gasteiger partial charge in [-0.1, -0.05) is 0 Å². The van der Waals surface area contributed by atoms with E-state index in [0.29, 0.717) is 17.9 Å². The van der Waals surface area contributed by atoms with Crippen molar-refractivity contribution < 1.29 is 9.90 Å². The zero-order chi connectivity index (χ0) is 12.4. The number of aliphatic hydroxyl groups excluding tert-OH is 1. The number of aliphatic hydroxyl groups is 1. The molecule has 0 aliphatic carbocycles. The highest BCUT2D eigenvalue weighted by molar-refractivity contribution is 5.80. The van der Waals surface area contributed by atoms with Crippen molar-refractivity contribution in [2.45, 2.75) is 45.3 Å². The fourth-order valence-electron chi connectivity index (χ4n) is 3.03. The molecule has 3 atom stereocenters. The van der Waals surface area contributed by atoms with E-state index in [4.69, 9.17) is 0 Å². The maximum Gasteiger partial charge on any atom is 0.227 e. The van der Waals surface area contributed by atoms with Crippen LogP contribution in [0, 0.1) is 11.8 Å². The van der Waals surface area contributed by atoms with Gasteiger partial charge in [-0.2, -0.15) is 0 Å². The minimum atomic E-state index is -0.237. The summed E-state index contributed by atoms with van der Waals surface area (Å²) in [5, 5.41) is 12.9. The van der Waals surface area contributed by atoms with Crippen LogP contribution in [0.25, 0.3) is 0 Å². The van der Waals surface area contributed by atoms with Gasteiger partial charge in [0.2, 0.25) is 5.91 Å². The molecular formula is C13H24N2O2. The van der Waals surface area contributed by atoms with Gasteiger partial charge in [0.05, 0.1) is 12.0 Å². The molecule has 2 heterocycles. The minimum Gasteiger partial charge on any atom is -0.393 e. The normalized spacial score (nSPS) is 32.8. The van der Waals surface area contributed by atoms with Gasteiger partial charge in [0.1, 0.15) is 0 Å². The van der Waals surface area contributed by atoms with Gasteiger partial charge in [-0.25, -0.2) is 0 Å². The van der Waals surface area contributed by atoms with E-state index < -0.39 is 0 Å². The zero-order valence-electron chi connectivity index (χ0n) is 10.9. The summed E-state index contributed by atoms with van der Waals surface area (Å²) < 4.78 is 0. The van der Waals surface area contributed by atoms with Crippen molar-refractivity contribution in [3.63, 3.8) is 0 Å². The fourth-order valence-corrected chi connectivity index (χ4v) is 3.03. The van der Waals surface area contributed by atoms with Crippen LogP contribution in [-0.4, -0.2) is 47.7 Å². The molecule has 2 aliphatic rings. The van der Waals surface area contributed by atoms with E-state index in [9.17, 15) is 9.90 Å². The average molecular weight is 240 g/mol. The standard InChI is InChI=1S/C13H24N2O2/c1-9-12(3-6-14-9)13(17)15-7-4-11(5-8-15)10(2)16/h9-12,14,16H,3-8H2,1-2H3. The molecule has 0 bridgehead atoms. The topological polar surface area (TPSA) is 52.6 Å². The number of hydrogen-bond acceptors (Lipinski definition) is 3. The van der Waals surface area contributed by atoms with Crippen molar-refractivity contribution in [3.05, 3.63) is 0 Å². The highest BCUT2D eigenvalue weighted by atomic mass is 16.3. The third kappa shape index (κ3) is 2.80. The first kappa shape index (κ1) is 12.8. The van der Waals surface area contributed by atoms with E-state index in [1.165, 1.54) is 0 Å². The lowest BCUT2D eigenvalue weighted by molar-refractivity contribution is -0.137. The van der Waals surface area contributed by atoms with Gasteiger partial charge in [-0.05, 0) is 45.6 Å². The molecule has 2 rings (SSSR count). The highest BCUT2D eigenvalue weighted by Gasteiger charge is 2.34. The molecule has 3 unspecified atom stereocenters. The first-order chi connectivity index (χ1) is 8.09. The number of carbonyl (C=O) groups is 1. The Kier molecular flexibility index (Phi) is 4.05. The third-order valence-corrected chi connectivity index (χ3v) is 4.38. The maximum absolute atomic E-state index is 12.3. The Hall–Kier alpha value is -0.610. The van der Waals surface area contributed by atoms with E-state index >= 15 is 0 Å². The molecule has 2 fully saturated rings. The molecule has 0 aromatic carbocycles. The molecule has 0 radical (unpaired) electrons. The van der Waals surface area contributed by atoms with Crippen LogP contribution < -0.4 is 5.32 Å². The van der Waals surface area contributed by atoms with E-state index in [-0.39, 0.29) is 12.0 Å². The molecule has 2 saturated heterocycles. The van der Waals surface area contributed by atoms with Gasteiger partial charge in [-0.15, -0.1) is 0 Å². The molecule has 4 heteroatoms.